The van der Waals surface area contributed by atoms with Gasteiger partial charge in [0, 0.05) is 5.39 Å². The van der Waals surface area contributed by atoms with Gasteiger partial charge in [0.1, 0.15) is 12.4 Å². The molecule has 1 aliphatic rings. The smallest absolute Gasteiger partial charge is 0.120 e. The Kier molecular flexibility index (Phi) is 6.88. The van der Waals surface area contributed by atoms with Crippen molar-refractivity contribution in [1.82, 2.24) is 4.98 Å². The summed E-state index contributed by atoms with van der Waals surface area (Å²) in [5.41, 5.74) is 8.81. The Morgan fingerprint density at radius 3 is 2.32 bits per heavy atom. The van der Waals surface area contributed by atoms with Crippen molar-refractivity contribution in [2.45, 2.75) is 25.9 Å². The lowest BCUT2D eigenvalue weighted by Gasteiger charge is -2.28. The van der Waals surface area contributed by atoms with Crippen LogP contribution in [0.4, 0.5) is 0 Å². The lowest BCUT2D eigenvalue weighted by molar-refractivity contribution is 0.306. The third-order valence-corrected chi connectivity index (χ3v) is 9.11. The highest BCUT2D eigenvalue weighted by molar-refractivity contribution is 6.09. The average Bonchev–Trinajstić information content (AvgIpc) is 3.09. The number of nitrogens with zero attached hydrogens (tertiary/aromatic N) is 1. The number of aromatic nitrogens is 1. The maximum absolute atomic E-state index is 6.13. The molecule has 0 bridgehead atoms. The fraction of sp³-hybridized carbons (Fsp3) is 0.119. The van der Waals surface area contributed by atoms with E-state index in [0.717, 1.165) is 36.2 Å². The molecule has 1 unspecified atom stereocenters. The summed E-state index contributed by atoms with van der Waals surface area (Å²) in [5, 5.41) is 6.38. The van der Waals surface area contributed by atoms with Crippen molar-refractivity contribution in [3.63, 3.8) is 0 Å². The lowest BCUT2D eigenvalue weighted by Crippen LogP contribution is -2.17. The molecule has 1 heterocycles. The first-order chi connectivity index (χ1) is 21.8. The molecule has 7 aromatic rings. The van der Waals surface area contributed by atoms with E-state index in [9.17, 15) is 0 Å². The molecule has 0 N–H and O–H groups in total. The molecule has 6 aromatic carbocycles. The number of ether oxygens (including phenoxy) is 1. The number of fused-ring (bicyclic) bond motifs is 6. The number of allylic oxidation sites excluding steroid dienone is 1. The Labute approximate surface area is 258 Å². The van der Waals surface area contributed by atoms with E-state index >= 15 is 0 Å². The van der Waals surface area contributed by atoms with Crippen LogP contribution in [0.25, 0.3) is 44.1 Å². The summed E-state index contributed by atoms with van der Waals surface area (Å²) in [6.45, 7) is 0.573. The molecule has 0 fully saturated rings. The minimum absolute atomic E-state index is 0.401. The lowest BCUT2D eigenvalue weighted by atomic mass is 9.76. The SMILES string of the molecule is C(=C(c1ccc2ccccc2n1)C1CCc2c(ccc3c2ccc2cc(OCc4ccccc4)ccc23)C1)c1ccccc1. The number of benzene rings is 6. The molecule has 0 spiro atoms. The summed E-state index contributed by atoms with van der Waals surface area (Å²) < 4.78 is 6.13. The predicted octanol–water partition coefficient (Wildman–Crippen LogP) is 10.5. The number of hydrogen-bond donors (Lipinski definition) is 0. The standard InChI is InChI=1S/C42H33NO/c1-3-9-29(10-4-1)25-40(42-24-18-31-13-7-8-14-41(31)43-42)33-15-20-36-32(26-33)16-21-39-37-23-19-35(27-34(37)17-22-38(36)39)44-28-30-11-5-2-6-12-30/h1-14,16-19,21-25,27,33H,15,20,26,28H2. The summed E-state index contributed by atoms with van der Waals surface area (Å²) in [7, 11) is 0. The van der Waals surface area contributed by atoms with Crippen molar-refractivity contribution in [3.05, 3.63) is 167 Å². The second-order valence-electron chi connectivity index (χ2n) is 11.9. The van der Waals surface area contributed by atoms with E-state index < -0.39 is 0 Å². The van der Waals surface area contributed by atoms with Crippen molar-refractivity contribution in [3.8, 4) is 5.75 Å². The van der Waals surface area contributed by atoms with Crippen LogP contribution in [0.2, 0.25) is 0 Å². The second-order valence-corrected chi connectivity index (χ2v) is 11.9. The van der Waals surface area contributed by atoms with Crippen molar-refractivity contribution >= 4 is 44.1 Å². The van der Waals surface area contributed by atoms with Gasteiger partial charge in [-0.05, 0) is 105 Å². The molecule has 0 saturated heterocycles. The average molecular weight is 568 g/mol. The Balaban J connectivity index is 1.12. The van der Waals surface area contributed by atoms with Crippen LogP contribution in [0.1, 0.15) is 34.4 Å². The van der Waals surface area contributed by atoms with Gasteiger partial charge in [-0.2, -0.15) is 0 Å². The molecule has 44 heavy (non-hydrogen) atoms. The number of pyridine rings is 1. The zero-order chi connectivity index (χ0) is 29.3. The van der Waals surface area contributed by atoms with Gasteiger partial charge in [0.2, 0.25) is 0 Å². The second kappa shape index (κ2) is 11.5. The van der Waals surface area contributed by atoms with Crippen molar-refractivity contribution < 1.29 is 4.74 Å². The van der Waals surface area contributed by atoms with Crippen LogP contribution in [-0.2, 0) is 19.4 Å². The highest BCUT2D eigenvalue weighted by atomic mass is 16.5. The largest absolute Gasteiger partial charge is 0.489 e. The number of rotatable bonds is 6. The van der Waals surface area contributed by atoms with Gasteiger partial charge < -0.3 is 4.74 Å². The summed E-state index contributed by atoms with van der Waals surface area (Å²) >= 11 is 0. The van der Waals surface area contributed by atoms with Gasteiger partial charge >= 0.3 is 0 Å². The van der Waals surface area contributed by atoms with Crippen LogP contribution in [0.15, 0.2) is 140 Å². The number of hydrogen-bond acceptors (Lipinski definition) is 2. The quantitative estimate of drug-likeness (QED) is 0.187. The van der Waals surface area contributed by atoms with E-state index in [4.69, 9.17) is 9.72 Å². The van der Waals surface area contributed by atoms with E-state index in [1.807, 2.05) is 6.07 Å². The first kappa shape index (κ1) is 26.4. The van der Waals surface area contributed by atoms with E-state index in [0.29, 0.717) is 12.5 Å². The molecule has 1 aliphatic carbocycles. The topological polar surface area (TPSA) is 22.1 Å². The van der Waals surface area contributed by atoms with Gasteiger partial charge in [0.25, 0.3) is 0 Å². The molecule has 0 aliphatic heterocycles. The molecule has 8 rings (SSSR count). The first-order valence-corrected chi connectivity index (χ1v) is 15.6. The van der Waals surface area contributed by atoms with Crippen LogP contribution in [-0.4, -0.2) is 4.98 Å². The molecule has 212 valence electrons. The summed E-state index contributed by atoms with van der Waals surface area (Å²) in [6, 6.07) is 49.6. The zero-order valence-corrected chi connectivity index (χ0v) is 24.6. The molecule has 1 atom stereocenters. The highest BCUT2D eigenvalue weighted by Crippen LogP contribution is 2.40. The molecular formula is C42H33NO. The summed E-state index contributed by atoms with van der Waals surface area (Å²) in [6.07, 6.45) is 5.53. The van der Waals surface area contributed by atoms with Gasteiger partial charge in [-0.1, -0.05) is 115 Å². The third-order valence-electron chi connectivity index (χ3n) is 9.11. The van der Waals surface area contributed by atoms with Gasteiger partial charge in [-0.25, -0.2) is 4.98 Å². The minimum atomic E-state index is 0.401. The van der Waals surface area contributed by atoms with Gasteiger partial charge in [0.15, 0.2) is 0 Å². The molecule has 0 amide bonds. The fourth-order valence-corrected chi connectivity index (χ4v) is 6.86. The van der Waals surface area contributed by atoms with Crippen LogP contribution in [0.3, 0.4) is 0 Å². The number of aryl methyl sites for hydroxylation is 1. The maximum atomic E-state index is 6.13. The highest BCUT2D eigenvalue weighted by Gasteiger charge is 2.25. The van der Waals surface area contributed by atoms with Crippen molar-refractivity contribution in [2.24, 2.45) is 5.92 Å². The van der Waals surface area contributed by atoms with E-state index in [2.05, 4.69) is 140 Å². The Morgan fingerprint density at radius 2 is 1.43 bits per heavy atom. The predicted molar refractivity (Wildman–Crippen MR) is 184 cm³/mol. The van der Waals surface area contributed by atoms with Gasteiger partial charge in [0.05, 0.1) is 11.2 Å². The van der Waals surface area contributed by atoms with Crippen molar-refractivity contribution in [1.29, 1.82) is 0 Å². The summed E-state index contributed by atoms with van der Waals surface area (Å²) in [4.78, 5) is 5.15. The van der Waals surface area contributed by atoms with Crippen molar-refractivity contribution in [2.75, 3.05) is 0 Å². The molecule has 0 saturated carbocycles. The van der Waals surface area contributed by atoms with E-state index in [1.54, 1.807) is 0 Å². The number of para-hydroxylation sites is 1. The first-order valence-electron chi connectivity index (χ1n) is 15.6. The Bertz CT molecular complexity index is 2150. The van der Waals surface area contributed by atoms with Crippen LogP contribution in [0.5, 0.6) is 5.75 Å². The minimum Gasteiger partial charge on any atom is -0.489 e. The zero-order valence-electron chi connectivity index (χ0n) is 24.6. The van der Waals surface area contributed by atoms with Gasteiger partial charge in [-0.15, -0.1) is 0 Å². The third kappa shape index (κ3) is 5.14. The maximum Gasteiger partial charge on any atom is 0.120 e. The van der Waals surface area contributed by atoms with Crippen LogP contribution >= 0.6 is 0 Å². The summed E-state index contributed by atoms with van der Waals surface area (Å²) in [5.74, 6) is 1.31. The molecule has 2 heteroatoms. The molecular weight excluding hydrogens is 534 g/mol. The molecule has 1 aromatic heterocycles. The van der Waals surface area contributed by atoms with Gasteiger partial charge in [-0.3, -0.25) is 0 Å². The fourth-order valence-electron chi connectivity index (χ4n) is 6.86. The monoisotopic (exact) mass is 567 g/mol. The Hall–Kier alpha value is -5.21. The van der Waals surface area contributed by atoms with Crippen LogP contribution < -0.4 is 4.74 Å². The van der Waals surface area contributed by atoms with E-state index in [-0.39, 0.29) is 0 Å². The normalized spacial score (nSPS) is 15.0. The Morgan fingerprint density at radius 1 is 0.682 bits per heavy atom. The molecule has 2 nitrogen and oxygen atoms in total. The van der Waals surface area contributed by atoms with Crippen LogP contribution in [0, 0.1) is 5.92 Å². The van der Waals surface area contributed by atoms with E-state index in [1.165, 1.54) is 54.8 Å². The molecule has 0 radical (unpaired) electrons.